The number of carbonyl (C=O) groups is 1. The van der Waals surface area contributed by atoms with Crippen LogP contribution in [0, 0.1) is 6.92 Å². The number of anilines is 1. The quantitative estimate of drug-likeness (QED) is 0.579. The predicted octanol–water partition coefficient (Wildman–Crippen LogP) is 2.84. The number of halogens is 1. The van der Waals surface area contributed by atoms with E-state index in [2.05, 4.69) is 10.0 Å². The van der Waals surface area contributed by atoms with Gasteiger partial charge in [-0.15, -0.1) is 0 Å². The second-order valence-electron chi connectivity index (χ2n) is 6.02. The van der Waals surface area contributed by atoms with Crippen molar-refractivity contribution in [3.63, 3.8) is 0 Å². The second kappa shape index (κ2) is 9.82. The summed E-state index contributed by atoms with van der Waals surface area (Å²) in [6.45, 7) is 2.30. The number of nitrogens with one attached hydrogen (secondary N) is 2. The first-order valence-corrected chi connectivity index (χ1v) is 10.4. The summed E-state index contributed by atoms with van der Waals surface area (Å²) < 4.78 is 43.7. The molecule has 0 aliphatic carbocycles. The van der Waals surface area contributed by atoms with Crippen LogP contribution in [0.4, 0.5) is 5.69 Å². The van der Waals surface area contributed by atoms with E-state index in [0.29, 0.717) is 24.5 Å². The molecule has 0 saturated heterocycles. The van der Waals surface area contributed by atoms with Crippen LogP contribution < -0.4 is 19.5 Å². The van der Waals surface area contributed by atoms with Gasteiger partial charge in [0.05, 0.1) is 36.4 Å². The molecule has 0 heterocycles. The Hall–Kier alpha value is -2.49. The summed E-state index contributed by atoms with van der Waals surface area (Å²) in [6.07, 6.45) is 0. The highest BCUT2D eigenvalue weighted by atomic mass is 35.5. The van der Waals surface area contributed by atoms with E-state index in [4.69, 9.17) is 25.8 Å². The van der Waals surface area contributed by atoms with Gasteiger partial charge in [0.2, 0.25) is 0 Å². The van der Waals surface area contributed by atoms with Crippen LogP contribution in [-0.2, 0) is 14.8 Å². The Kier molecular flexibility index (Phi) is 7.72. The number of methoxy groups -OCH3 is 3. The SMILES string of the molecule is COCCNC(=O)c1ccc(C)c(S(=O)(=O)Nc2cc(Cl)c(OC)cc2OC)c1. The van der Waals surface area contributed by atoms with Gasteiger partial charge in [0.1, 0.15) is 11.5 Å². The van der Waals surface area contributed by atoms with Gasteiger partial charge in [-0.1, -0.05) is 17.7 Å². The summed E-state index contributed by atoms with van der Waals surface area (Å²) in [5.74, 6) is 0.182. The molecule has 1 amide bonds. The molecule has 2 rings (SSSR count). The van der Waals surface area contributed by atoms with Crippen molar-refractivity contribution in [2.45, 2.75) is 11.8 Å². The number of amides is 1. The minimum atomic E-state index is -4.03. The summed E-state index contributed by atoms with van der Waals surface area (Å²) >= 11 is 6.11. The van der Waals surface area contributed by atoms with Crippen molar-refractivity contribution in [3.8, 4) is 11.5 Å². The van der Waals surface area contributed by atoms with Gasteiger partial charge in [-0.05, 0) is 30.7 Å². The molecule has 0 unspecified atom stereocenters. The first-order valence-electron chi connectivity index (χ1n) is 8.55. The highest BCUT2D eigenvalue weighted by Crippen LogP contribution is 2.37. The average Bonchev–Trinajstić information content (AvgIpc) is 2.68. The van der Waals surface area contributed by atoms with E-state index in [1.54, 1.807) is 19.1 Å². The number of carbonyl (C=O) groups excluding carboxylic acids is 1. The molecule has 10 heteroatoms. The maximum Gasteiger partial charge on any atom is 0.262 e. The minimum absolute atomic E-state index is 0.0362. The molecular weight excluding hydrogens is 420 g/mol. The van der Waals surface area contributed by atoms with Crippen LogP contribution in [-0.4, -0.2) is 48.8 Å². The monoisotopic (exact) mass is 442 g/mol. The predicted molar refractivity (Wildman–Crippen MR) is 111 cm³/mol. The molecule has 0 aliphatic heterocycles. The number of rotatable bonds is 9. The van der Waals surface area contributed by atoms with Gasteiger partial charge in [-0.3, -0.25) is 9.52 Å². The number of hydrogen-bond donors (Lipinski definition) is 2. The smallest absolute Gasteiger partial charge is 0.262 e. The first kappa shape index (κ1) is 22.8. The van der Waals surface area contributed by atoms with Crippen LogP contribution in [0.25, 0.3) is 0 Å². The second-order valence-corrected chi connectivity index (χ2v) is 8.08. The molecule has 0 fully saturated rings. The lowest BCUT2D eigenvalue weighted by Crippen LogP contribution is -2.27. The molecule has 158 valence electrons. The standard InChI is InChI=1S/C19H23ClN2O6S/c1-12-5-6-13(19(23)21-7-8-26-2)9-18(12)29(24,25)22-15-10-14(20)16(27-3)11-17(15)28-4/h5-6,9-11,22H,7-8H2,1-4H3,(H,21,23). The summed E-state index contributed by atoms with van der Waals surface area (Å²) in [5.41, 5.74) is 0.837. The van der Waals surface area contributed by atoms with E-state index in [1.165, 1.54) is 39.5 Å². The topological polar surface area (TPSA) is 103 Å². The van der Waals surface area contributed by atoms with Crippen LogP contribution in [0.15, 0.2) is 35.2 Å². The molecule has 0 aromatic heterocycles. The third kappa shape index (κ3) is 5.53. The number of aryl methyl sites for hydroxylation is 1. The zero-order valence-electron chi connectivity index (χ0n) is 16.5. The molecule has 0 radical (unpaired) electrons. The number of hydrogen-bond acceptors (Lipinski definition) is 6. The van der Waals surface area contributed by atoms with Gasteiger partial charge < -0.3 is 19.5 Å². The molecule has 8 nitrogen and oxygen atoms in total. The maximum absolute atomic E-state index is 13.0. The normalized spacial score (nSPS) is 11.1. The summed E-state index contributed by atoms with van der Waals surface area (Å²) in [5, 5.41) is 2.87. The van der Waals surface area contributed by atoms with E-state index < -0.39 is 15.9 Å². The Balaban J connectivity index is 2.37. The lowest BCUT2D eigenvalue weighted by molar-refractivity contribution is 0.0937. The largest absolute Gasteiger partial charge is 0.495 e. The van der Waals surface area contributed by atoms with Gasteiger partial charge in [-0.2, -0.15) is 0 Å². The Morgan fingerprint density at radius 1 is 1.07 bits per heavy atom. The maximum atomic E-state index is 13.0. The number of sulfonamides is 1. The fourth-order valence-electron chi connectivity index (χ4n) is 2.54. The van der Waals surface area contributed by atoms with Crippen molar-refractivity contribution in [2.75, 3.05) is 39.2 Å². The Morgan fingerprint density at radius 2 is 1.76 bits per heavy atom. The molecule has 0 aliphatic rings. The molecule has 2 aromatic carbocycles. The van der Waals surface area contributed by atoms with Gasteiger partial charge in [-0.25, -0.2) is 8.42 Å². The fraction of sp³-hybridized carbons (Fsp3) is 0.316. The average molecular weight is 443 g/mol. The van der Waals surface area contributed by atoms with Crippen LogP contribution in [0.1, 0.15) is 15.9 Å². The molecule has 0 saturated carbocycles. The zero-order valence-corrected chi connectivity index (χ0v) is 18.1. The third-order valence-corrected chi connectivity index (χ3v) is 5.85. The van der Waals surface area contributed by atoms with Gasteiger partial charge in [0, 0.05) is 25.3 Å². The third-order valence-electron chi connectivity index (χ3n) is 4.05. The summed E-state index contributed by atoms with van der Waals surface area (Å²) in [4.78, 5) is 12.2. The fourth-order valence-corrected chi connectivity index (χ4v) is 4.11. The number of benzene rings is 2. The lowest BCUT2D eigenvalue weighted by atomic mass is 10.1. The van der Waals surface area contributed by atoms with Crippen molar-refractivity contribution >= 4 is 33.2 Å². The van der Waals surface area contributed by atoms with Crippen LogP contribution in [0.5, 0.6) is 11.5 Å². The van der Waals surface area contributed by atoms with Crippen LogP contribution in [0.3, 0.4) is 0 Å². The Morgan fingerprint density at radius 3 is 2.38 bits per heavy atom. The van der Waals surface area contributed by atoms with Crippen molar-refractivity contribution in [1.29, 1.82) is 0 Å². The molecule has 2 aromatic rings. The van der Waals surface area contributed by atoms with Crippen LogP contribution in [0.2, 0.25) is 5.02 Å². The van der Waals surface area contributed by atoms with Gasteiger partial charge in [0.25, 0.3) is 15.9 Å². The lowest BCUT2D eigenvalue weighted by Gasteiger charge is -2.16. The Labute approximate surface area is 175 Å². The van der Waals surface area contributed by atoms with Crippen LogP contribution >= 0.6 is 11.6 Å². The molecule has 0 spiro atoms. The van der Waals surface area contributed by atoms with E-state index in [0.717, 1.165) is 0 Å². The molecule has 0 atom stereocenters. The van der Waals surface area contributed by atoms with Crippen molar-refractivity contribution in [2.24, 2.45) is 0 Å². The first-order chi connectivity index (χ1) is 13.7. The number of ether oxygens (including phenoxy) is 3. The minimum Gasteiger partial charge on any atom is -0.495 e. The highest BCUT2D eigenvalue weighted by Gasteiger charge is 2.22. The molecule has 29 heavy (non-hydrogen) atoms. The Bertz CT molecular complexity index is 994. The molecule has 0 bridgehead atoms. The summed E-state index contributed by atoms with van der Waals surface area (Å²) in [6, 6.07) is 7.32. The van der Waals surface area contributed by atoms with E-state index in [1.807, 2.05) is 0 Å². The van der Waals surface area contributed by atoms with Crippen molar-refractivity contribution < 1.29 is 27.4 Å². The molecule has 2 N–H and O–H groups in total. The van der Waals surface area contributed by atoms with Crippen molar-refractivity contribution in [1.82, 2.24) is 5.32 Å². The molecular formula is C19H23ClN2O6S. The highest BCUT2D eigenvalue weighted by molar-refractivity contribution is 7.92. The van der Waals surface area contributed by atoms with E-state index >= 15 is 0 Å². The van der Waals surface area contributed by atoms with E-state index in [9.17, 15) is 13.2 Å². The van der Waals surface area contributed by atoms with Gasteiger partial charge in [0.15, 0.2) is 0 Å². The van der Waals surface area contributed by atoms with Crippen molar-refractivity contribution in [3.05, 3.63) is 46.5 Å². The zero-order chi connectivity index (χ0) is 21.6. The van der Waals surface area contributed by atoms with Gasteiger partial charge >= 0.3 is 0 Å². The van der Waals surface area contributed by atoms with E-state index in [-0.39, 0.29) is 26.9 Å². The summed E-state index contributed by atoms with van der Waals surface area (Å²) in [7, 11) is 0.335.